The number of aliphatic hydroxyl groups excluding tert-OH is 1. The number of amides is 1. The molecule has 0 spiro atoms. The van der Waals surface area contributed by atoms with Crippen molar-refractivity contribution in [3.8, 4) is 0 Å². The van der Waals surface area contributed by atoms with Crippen LogP contribution in [0.4, 0.5) is 4.79 Å². The summed E-state index contributed by atoms with van der Waals surface area (Å²) in [5.74, 6) is 0.117. The average molecular weight is 218 g/mol. The number of hydrogen-bond acceptors (Lipinski definition) is 5. The minimum atomic E-state index is -0.796. The molecule has 1 heterocycles. The molecule has 1 aliphatic heterocycles. The van der Waals surface area contributed by atoms with E-state index in [1.807, 2.05) is 0 Å². The molecule has 1 amide bonds. The molecule has 0 saturated carbocycles. The Balaban J connectivity index is 2.55. The van der Waals surface area contributed by atoms with E-state index in [2.05, 4.69) is 15.4 Å². The van der Waals surface area contributed by atoms with Gasteiger partial charge >= 0.3 is 6.09 Å². The van der Waals surface area contributed by atoms with Gasteiger partial charge in [-0.3, -0.25) is 5.32 Å². The minimum absolute atomic E-state index is 0.117. The Hall–Kier alpha value is -0.850. The minimum Gasteiger partial charge on any atom is -0.453 e. The van der Waals surface area contributed by atoms with Crippen LogP contribution in [0, 0.1) is 5.92 Å². The molecule has 1 rings (SSSR count). The summed E-state index contributed by atoms with van der Waals surface area (Å²) >= 11 is 0. The van der Waals surface area contributed by atoms with E-state index in [1.165, 1.54) is 7.11 Å². The average Bonchev–Trinajstić information content (AvgIpc) is 2.77. The lowest BCUT2D eigenvalue weighted by Gasteiger charge is -2.27. The summed E-state index contributed by atoms with van der Waals surface area (Å²) in [6.45, 7) is 1.22. The second-order valence-corrected chi connectivity index (χ2v) is 3.52. The fraction of sp³-hybridized carbons (Fsp3) is 0.889. The van der Waals surface area contributed by atoms with Crippen LogP contribution in [-0.4, -0.2) is 50.8 Å². The van der Waals surface area contributed by atoms with Crippen LogP contribution in [0.25, 0.3) is 0 Å². The zero-order valence-electron chi connectivity index (χ0n) is 9.03. The van der Waals surface area contributed by atoms with Crippen LogP contribution in [-0.2, 0) is 9.47 Å². The van der Waals surface area contributed by atoms with Crippen LogP contribution in [0.15, 0.2) is 0 Å². The summed E-state index contributed by atoms with van der Waals surface area (Å²) in [6, 6.07) is -0.384. The second-order valence-electron chi connectivity index (χ2n) is 3.52. The molecule has 1 aliphatic rings. The third-order valence-electron chi connectivity index (χ3n) is 2.58. The molecular formula is C9H18N2O4. The number of hydrogen-bond donors (Lipinski definition) is 3. The Kier molecular flexibility index (Phi) is 4.80. The van der Waals surface area contributed by atoms with Crippen molar-refractivity contribution in [3.63, 3.8) is 0 Å². The normalized spacial score (nSPS) is 24.6. The van der Waals surface area contributed by atoms with Gasteiger partial charge in [0.25, 0.3) is 0 Å². The summed E-state index contributed by atoms with van der Waals surface area (Å²) in [5.41, 5.74) is 0. The number of alkyl carbamates (subject to hydrolysis) is 1. The highest BCUT2D eigenvalue weighted by atomic mass is 16.5. The summed E-state index contributed by atoms with van der Waals surface area (Å²) in [6.07, 6.45) is -0.509. The highest BCUT2D eigenvalue weighted by Crippen LogP contribution is 2.18. The topological polar surface area (TPSA) is 79.8 Å². The van der Waals surface area contributed by atoms with Gasteiger partial charge in [-0.2, -0.15) is 0 Å². The number of nitrogens with one attached hydrogen (secondary N) is 2. The van der Waals surface area contributed by atoms with Crippen LogP contribution < -0.4 is 10.6 Å². The maximum absolute atomic E-state index is 11.1. The lowest BCUT2D eigenvalue weighted by atomic mass is 9.98. The van der Waals surface area contributed by atoms with Gasteiger partial charge in [0.2, 0.25) is 0 Å². The number of ether oxygens (including phenoxy) is 2. The molecule has 0 aromatic rings. The number of carbonyl (C=O) groups is 1. The van der Waals surface area contributed by atoms with Crippen molar-refractivity contribution in [2.75, 3.05) is 27.4 Å². The predicted molar refractivity (Wildman–Crippen MR) is 53.3 cm³/mol. The van der Waals surface area contributed by atoms with Crippen LogP contribution in [0.2, 0.25) is 0 Å². The molecule has 6 nitrogen and oxygen atoms in total. The van der Waals surface area contributed by atoms with E-state index in [1.54, 1.807) is 7.05 Å². The molecule has 3 unspecified atom stereocenters. The fourth-order valence-electron chi connectivity index (χ4n) is 1.67. The van der Waals surface area contributed by atoms with Crippen molar-refractivity contribution in [1.29, 1.82) is 0 Å². The van der Waals surface area contributed by atoms with Crippen LogP contribution in [0.3, 0.4) is 0 Å². The number of rotatable bonds is 4. The van der Waals surface area contributed by atoms with Crippen molar-refractivity contribution in [2.45, 2.75) is 18.7 Å². The van der Waals surface area contributed by atoms with E-state index in [-0.39, 0.29) is 12.0 Å². The summed E-state index contributed by atoms with van der Waals surface area (Å²) in [5, 5.41) is 15.0. The Morgan fingerprint density at radius 3 is 2.87 bits per heavy atom. The lowest BCUT2D eigenvalue weighted by Crippen LogP contribution is -2.53. The fourth-order valence-corrected chi connectivity index (χ4v) is 1.67. The molecule has 0 aromatic carbocycles. The quantitative estimate of drug-likeness (QED) is 0.543. The molecule has 1 saturated heterocycles. The Morgan fingerprint density at radius 1 is 1.67 bits per heavy atom. The monoisotopic (exact) mass is 218 g/mol. The Bertz CT molecular complexity index is 206. The van der Waals surface area contributed by atoms with Crippen molar-refractivity contribution in [3.05, 3.63) is 0 Å². The van der Waals surface area contributed by atoms with E-state index in [0.717, 1.165) is 6.42 Å². The van der Waals surface area contributed by atoms with Crippen molar-refractivity contribution in [1.82, 2.24) is 10.6 Å². The van der Waals surface area contributed by atoms with Gasteiger partial charge in [-0.15, -0.1) is 0 Å². The molecular weight excluding hydrogens is 200 g/mol. The highest BCUT2D eigenvalue weighted by Gasteiger charge is 2.32. The zero-order valence-corrected chi connectivity index (χ0v) is 9.03. The largest absolute Gasteiger partial charge is 0.453 e. The summed E-state index contributed by atoms with van der Waals surface area (Å²) < 4.78 is 9.72. The molecule has 3 atom stereocenters. The number of aliphatic hydroxyl groups is 1. The maximum Gasteiger partial charge on any atom is 0.407 e. The van der Waals surface area contributed by atoms with Gasteiger partial charge in [-0.05, 0) is 13.5 Å². The third kappa shape index (κ3) is 3.33. The van der Waals surface area contributed by atoms with Crippen LogP contribution in [0.5, 0.6) is 0 Å². The maximum atomic E-state index is 11.1. The Morgan fingerprint density at radius 2 is 2.40 bits per heavy atom. The van der Waals surface area contributed by atoms with Gasteiger partial charge in [0.1, 0.15) is 6.23 Å². The van der Waals surface area contributed by atoms with E-state index < -0.39 is 12.3 Å². The van der Waals surface area contributed by atoms with Gasteiger partial charge in [0.05, 0.1) is 19.8 Å². The predicted octanol–water partition coefficient (Wildman–Crippen LogP) is -0.715. The van der Waals surface area contributed by atoms with E-state index in [9.17, 15) is 9.90 Å². The first-order valence-corrected chi connectivity index (χ1v) is 4.96. The molecule has 6 heteroatoms. The third-order valence-corrected chi connectivity index (χ3v) is 2.58. The Labute approximate surface area is 88.9 Å². The highest BCUT2D eigenvalue weighted by molar-refractivity contribution is 5.67. The summed E-state index contributed by atoms with van der Waals surface area (Å²) in [4.78, 5) is 11.1. The van der Waals surface area contributed by atoms with Crippen LogP contribution in [0.1, 0.15) is 6.42 Å². The van der Waals surface area contributed by atoms with Gasteiger partial charge in [0, 0.05) is 12.5 Å². The standard InChI is InChI=1S/C9H18N2O4/c1-10-8(12)7(11-9(13)14-2)6-3-4-15-5-6/h6-8,10,12H,3-5H2,1-2H3,(H,11,13). The molecule has 0 aromatic heterocycles. The van der Waals surface area contributed by atoms with Gasteiger partial charge in [0.15, 0.2) is 0 Å². The first kappa shape index (κ1) is 12.2. The molecule has 15 heavy (non-hydrogen) atoms. The number of likely N-dealkylation sites (N-methyl/N-ethyl adjacent to an activating group) is 1. The van der Waals surface area contributed by atoms with E-state index >= 15 is 0 Å². The number of methoxy groups -OCH3 is 1. The molecule has 0 aliphatic carbocycles. The molecule has 0 radical (unpaired) electrons. The van der Waals surface area contributed by atoms with Gasteiger partial charge in [-0.25, -0.2) is 4.79 Å². The zero-order chi connectivity index (χ0) is 11.3. The van der Waals surface area contributed by atoms with E-state index in [4.69, 9.17) is 4.74 Å². The second kappa shape index (κ2) is 5.89. The first-order chi connectivity index (χ1) is 7.19. The van der Waals surface area contributed by atoms with Crippen LogP contribution >= 0.6 is 0 Å². The van der Waals surface area contributed by atoms with Crippen molar-refractivity contribution >= 4 is 6.09 Å². The summed E-state index contributed by atoms with van der Waals surface area (Å²) in [7, 11) is 2.93. The van der Waals surface area contributed by atoms with Crippen molar-refractivity contribution < 1.29 is 19.4 Å². The van der Waals surface area contributed by atoms with E-state index in [0.29, 0.717) is 13.2 Å². The molecule has 88 valence electrons. The van der Waals surface area contributed by atoms with Crippen molar-refractivity contribution in [2.24, 2.45) is 5.92 Å². The lowest BCUT2D eigenvalue weighted by molar-refractivity contribution is 0.0640. The molecule has 3 N–H and O–H groups in total. The number of carbonyl (C=O) groups excluding carboxylic acids is 1. The SMILES string of the molecule is CNC(O)C(NC(=O)OC)C1CCOC1. The smallest absolute Gasteiger partial charge is 0.407 e. The molecule has 0 bridgehead atoms. The molecule has 1 fully saturated rings. The van der Waals surface area contributed by atoms with Gasteiger partial charge < -0.3 is 19.9 Å². The first-order valence-electron chi connectivity index (χ1n) is 4.96. The van der Waals surface area contributed by atoms with Gasteiger partial charge in [-0.1, -0.05) is 0 Å².